The van der Waals surface area contributed by atoms with Crippen LogP contribution >= 0.6 is 22.9 Å². The number of nitrogens with zero attached hydrogens (tertiary/aromatic N) is 2. The molecular formula is C19H10ClF6N3OS. The Morgan fingerprint density at radius 1 is 1.03 bits per heavy atom. The molecule has 3 aromatic rings. The molecule has 12 heteroatoms. The van der Waals surface area contributed by atoms with Gasteiger partial charge in [-0.05, 0) is 41.8 Å². The van der Waals surface area contributed by atoms with E-state index < -0.39 is 40.8 Å². The van der Waals surface area contributed by atoms with Crippen molar-refractivity contribution in [1.29, 1.82) is 0 Å². The first-order valence-electron chi connectivity index (χ1n) is 8.24. The molecular weight excluding hydrogens is 468 g/mol. The fourth-order valence-electron chi connectivity index (χ4n) is 2.59. The summed E-state index contributed by atoms with van der Waals surface area (Å²) in [5.74, 6) is -1.25. The van der Waals surface area contributed by atoms with Crippen LogP contribution in [0.15, 0.2) is 41.9 Å². The first-order chi connectivity index (χ1) is 14.4. The van der Waals surface area contributed by atoms with E-state index in [-0.39, 0.29) is 21.7 Å². The summed E-state index contributed by atoms with van der Waals surface area (Å²) in [4.78, 5) is 19.6. The molecule has 0 atom stereocenters. The van der Waals surface area contributed by atoms with Gasteiger partial charge in [-0.25, -0.2) is 9.97 Å². The number of amides is 1. The number of hydrogen-bond donors (Lipinski definition) is 1. The first-order valence-corrected chi connectivity index (χ1v) is 9.50. The minimum atomic E-state index is -5.01. The average molecular weight is 478 g/mol. The van der Waals surface area contributed by atoms with Gasteiger partial charge in [-0.2, -0.15) is 26.3 Å². The summed E-state index contributed by atoms with van der Waals surface area (Å²) in [6, 6.07) is 3.89. The van der Waals surface area contributed by atoms with E-state index in [2.05, 4.69) is 9.97 Å². The monoisotopic (exact) mass is 477 g/mol. The zero-order valence-corrected chi connectivity index (χ0v) is 16.6. The third-order valence-corrected chi connectivity index (χ3v) is 5.16. The Balaban J connectivity index is 2.13. The molecule has 0 radical (unpaired) electrons. The maximum atomic E-state index is 13.1. The molecule has 0 spiro atoms. The summed E-state index contributed by atoms with van der Waals surface area (Å²) in [7, 11) is 0. The second kappa shape index (κ2) is 8.31. The minimum absolute atomic E-state index is 0.0109. The van der Waals surface area contributed by atoms with Gasteiger partial charge in [0.05, 0.1) is 22.4 Å². The fourth-order valence-corrected chi connectivity index (χ4v) is 3.54. The summed E-state index contributed by atoms with van der Waals surface area (Å²) in [5.41, 5.74) is 2.21. The number of aromatic nitrogens is 2. The SMILES string of the molecule is NC(=O)/C(=C/c1ccnc(-c2cc(C(F)(F)F)cc(C(F)(F)F)c2)n1)c1ccsc1Cl. The Morgan fingerprint density at radius 3 is 2.13 bits per heavy atom. The molecule has 0 saturated carbocycles. The number of carbonyl (C=O) groups excluding carboxylic acids is 1. The van der Waals surface area contributed by atoms with Crippen molar-refractivity contribution in [2.45, 2.75) is 12.4 Å². The Labute approximate surface area is 180 Å². The topological polar surface area (TPSA) is 68.9 Å². The second-order valence-corrected chi connectivity index (χ2v) is 7.65. The van der Waals surface area contributed by atoms with E-state index in [4.69, 9.17) is 17.3 Å². The standard InChI is InChI=1S/C19H10ClF6N3OS/c20-15-13(2-4-31-15)14(16(27)30)8-12-1-3-28-17(29-12)9-5-10(18(21,22)23)7-11(6-9)19(24,25)26/h1-8H,(H2,27,30)/b14-8+. The van der Waals surface area contributed by atoms with E-state index in [0.29, 0.717) is 17.7 Å². The maximum absolute atomic E-state index is 13.1. The van der Waals surface area contributed by atoms with Gasteiger partial charge >= 0.3 is 12.4 Å². The Hall–Kier alpha value is -2.92. The first kappa shape index (κ1) is 22.8. The highest BCUT2D eigenvalue weighted by atomic mass is 35.5. The second-order valence-electron chi connectivity index (χ2n) is 6.13. The van der Waals surface area contributed by atoms with Crippen LogP contribution in [0.3, 0.4) is 0 Å². The quantitative estimate of drug-likeness (QED) is 0.374. The van der Waals surface area contributed by atoms with Crippen LogP contribution in [0.1, 0.15) is 22.4 Å². The van der Waals surface area contributed by atoms with Crippen molar-refractivity contribution in [3.63, 3.8) is 0 Å². The average Bonchev–Trinajstić information content (AvgIpc) is 3.10. The van der Waals surface area contributed by atoms with Gasteiger partial charge < -0.3 is 5.73 Å². The van der Waals surface area contributed by atoms with Gasteiger partial charge in [-0.3, -0.25) is 4.79 Å². The lowest BCUT2D eigenvalue weighted by Gasteiger charge is -2.14. The lowest BCUT2D eigenvalue weighted by molar-refractivity contribution is -0.143. The number of hydrogen-bond acceptors (Lipinski definition) is 4. The van der Waals surface area contributed by atoms with Crippen molar-refractivity contribution in [3.8, 4) is 11.4 Å². The third kappa shape index (κ3) is 5.23. The van der Waals surface area contributed by atoms with Crippen LogP contribution in [-0.4, -0.2) is 15.9 Å². The van der Waals surface area contributed by atoms with Crippen molar-refractivity contribution < 1.29 is 31.1 Å². The normalized spacial score (nSPS) is 12.8. The van der Waals surface area contributed by atoms with Gasteiger partial charge in [0.1, 0.15) is 4.34 Å². The predicted octanol–water partition coefficient (Wildman–Crippen LogP) is 5.92. The largest absolute Gasteiger partial charge is 0.416 e. The molecule has 0 saturated heterocycles. The fraction of sp³-hybridized carbons (Fsp3) is 0.105. The lowest BCUT2D eigenvalue weighted by atomic mass is 10.0. The summed E-state index contributed by atoms with van der Waals surface area (Å²) < 4.78 is 78.9. The van der Waals surface area contributed by atoms with Gasteiger partial charge in [-0.1, -0.05) is 11.6 Å². The highest BCUT2D eigenvalue weighted by molar-refractivity contribution is 7.14. The Morgan fingerprint density at radius 2 is 1.65 bits per heavy atom. The summed E-state index contributed by atoms with van der Waals surface area (Å²) in [5, 5.41) is 1.61. The van der Waals surface area contributed by atoms with E-state index in [1.807, 2.05) is 0 Å². The minimum Gasteiger partial charge on any atom is -0.366 e. The molecule has 2 N–H and O–H groups in total. The van der Waals surface area contributed by atoms with Gasteiger partial charge in [0.25, 0.3) is 0 Å². The van der Waals surface area contributed by atoms with E-state index in [9.17, 15) is 31.1 Å². The van der Waals surface area contributed by atoms with Crippen LogP contribution in [0, 0.1) is 0 Å². The van der Waals surface area contributed by atoms with E-state index >= 15 is 0 Å². The summed E-state index contributed by atoms with van der Waals surface area (Å²) >= 11 is 7.16. The van der Waals surface area contributed by atoms with E-state index in [0.717, 1.165) is 17.5 Å². The van der Waals surface area contributed by atoms with Gasteiger partial charge in [0, 0.05) is 17.3 Å². The van der Waals surface area contributed by atoms with Gasteiger partial charge in [0.15, 0.2) is 5.82 Å². The molecule has 162 valence electrons. The van der Waals surface area contributed by atoms with Crippen molar-refractivity contribution >= 4 is 40.5 Å². The summed E-state index contributed by atoms with van der Waals surface area (Å²) in [6.45, 7) is 0. The molecule has 2 aromatic heterocycles. The van der Waals surface area contributed by atoms with Crippen molar-refractivity contribution in [2.24, 2.45) is 5.73 Å². The van der Waals surface area contributed by atoms with Crippen molar-refractivity contribution in [2.75, 3.05) is 0 Å². The third-order valence-electron chi connectivity index (χ3n) is 3.99. The molecule has 0 aliphatic carbocycles. The molecule has 1 amide bonds. The summed E-state index contributed by atoms with van der Waals surface area (Å²) in [6.07, 6.45) is -7.67. The number of benzene rings is 1. The van der Waals surface area contributed by atoms with Crippen molar-refractivity contribution in [3.05, 3.63) is 68.6 Å². The molecule has 0 aliphatic heterocycles. The number of halogens is 7. The Kier molecular flexibility index (Phi) is 6.10. The van der Waals surface area contributed by atoms with Crippen LogP contribution in [0.4, 0.5) is 26.3 Å². The number of alkyl halides is 6. The number of thiophene rings is 1. The Bertz CT molecular complexity index is 1140. The van der Waals surface area contributed by atoms with Crippen LogP contribution in [-0.2, 0) is 17.1 Å². The molecule has 0 unspecified atom stereocenters. The number of nitrogens with two attached hydrogens (primary N) is 1. The lowest BCUT2D eigenvalue weighted by Crippen LogP contribution is -2.13. The molecule has 31 heavy (non-hydrogen) atoms. The van der Waals surface area contributed by atoms with E-state index in [1.54, 1.807) is 5.38 Å². The van der Waals surface area contributed by atoms with Crippen molar-refractivity contribution in [1.82, 2.24) is 9.97 Å². The maximum Gasteiger partial charge on any atom is 0.416 e. The zero-order chi connectivity index (χ0) is 23.0. The van der Waals surface area contributed by atoms with E-state index in [1.165, 1.54) is 18.2 Å². The molecule has 0 fully saturated rings. The van der Waals surface area contributed by atoms with Crippen LogP contribution < -0.4 is 5.73 Å². The highest BCUT2D eigenvalue weighted by Crippen LogP contribution is 2.38. The van der Waals surface area contributed by atoms with Gasteiger partial charge in [0.2, 0.25) is 5.91 Å². The smallest absolute Gasteiger partial charge is 0.366 e. The molecule has 2 heterocycles. The number of rotatable bonds is 4. The number of primary amides is 1. The number of carbonyl (C=O) groups is 1. The highest BCUT2D eigenvalue weighted by Gasteiger charge is 2.37. The van der Waals surface area contributed by atoms with Gasteiger partial charge in [-0.15, -0.1) is 11.3 Å². The zero-order valence-electron chi connectivity index (χ0n) is 15.1. The van der Waals surface area contributed by atoms with Crippen LogP contribution in [0.2, 0.25) is 4.34 Å². The molecule has 3 rings (SSSR count). The predicted molar refractivity (Wildman–Crippen MR) is 104 cm³/mol. The van der Waals surface area contributed by atoms with Crippen LogP contribution in [0.25, 0.3) is 23.0 Å². The molecule has 4 nitrogen and oxygen atoms in total. The molecule has 0 bridgehead atoms. The van der Waals surface area contributed by atoms with Crippen LogP contribution in [0.5, 0.6) is 0 Å². The molecule has 1 aromatic carbocycles. The molecule has 0 aliphatic rings.